The van der Waals surface area contributed by atoms with Gasteiger partial charge in [0.15, 0.2) is 10.9 Å². The van der Waals surface area contributed by atoms with Crippen molar-refractivity contribution < 1.29 is 9.59 Å². The van der Waals surface area contributed by atoms with Gasteiger partial charge in [-0.15, -0.1) is 0 Å². The van der Waals surface area contributed by atoms with E-state index < -0.39 is 5.25 Å². The van der Waals surface area contributed by atoms with E-state index in [1.165, 1.54) is 18.7 Å². The first kappa shape index (κ1) is 22.5. The molecule has 166 valence electrons. The van der Waals surface area contributed by atoms with Gasteiger partial charge in [0.1, 0.15) is 0 Å². The van der Waals surface area contributed by atoms with Gasteiger partial charge in [0, 0.05) is 11.3 Å². The Labute approximate surface area is 195 Å². The first-order valence-corrected chi connectivity index (χ1v) is 11.4. The Morgan fingerprint density at radius 1 is 1.00 bits per heavy atom. The number of thioether (sulfide) groups is 1. The molecule has 4 aromatic rings. The lowest BCUT2D eigenvalue weighted by molar-refractivity contribution is -0.115. The summed E-state index contributed by atoms with van der Waals surface area (Å²) in [6, 6.07) is 21.6. The van der Waals surface area contributed by atoms with Crippen molar-refractivity contribution in [1.82, 2.24) is 9.55 Å². The van der Waals surface area contributed by atoms with Gasteiger partial charge in [-0.1, -0.05) is 48.2 Å². The molecule has 0 saturated heterocycles. The number of aryl methyl sites for hydroxylation is 1. The van der Waals surface area contributed by atoms with Crippen molar-refractivity contribution in [2.45, 2.75) is 31.2 Å². The number of amides is 1. The lowest BCUT2D eigenvalue weighted by Gasteiger charge is -2.17. The zero-order chi connectivity index (χ0) is 23.5. The van der Waals surface area contributed by atoms with Gasteiger partial charge >= 0.3 is 0 Å². The molecule has 0 aliphatic carbocycles. The molecule has 1 atom stereocenters. The highest BCUT2D eigenvalue weighted by molar-refractivity contribution is 8.00. The molecule has 1 N–H and O–H groups in total. The van der Waals surface area contributed by atoms with Gasteiger partial charge in [-0.2, -0.15) is 0 Å². The molecule has 0 aliphatic heterocycles. The molecule has 1 amide bonds. The van der Waals surface area contributed by atoms with Crippen molar-refractivity contribution in [3.63, 3.8) is 0 Å². The van der Waals surface area contributed by atoms with Gasteiger partial charge in [0.25, 0.3) is 5.56 Å². The van der Waals surface area contributed by atoms with Gasteiger partial charge in [-0.05, 0) is 62.7 Å². The van der Waals surface area contributed by atoms with Crippen LogP contribution in [0.15, 0.2) is 82.7 Å². The van der Waals surface area contributed by atoms with Crippen LogP contribution in [0.1, 0.15) is 29.8 Å². The van der Waals surface area contributed by atoms with Crippen LogP contribution in [0.3, 0.4) is 0 Å². The summed E-state index contributed by atoms with van der Waals surface area (Å²) in [5.41, 5.74) is 3.17. The number of nitrogens with one attached hydrogen (secondary N) is 1. The first-order valence-electron chi connectivity index (χ1n) is 10.5. The molecular weight excluding hydrogens is 434 g/mol. The maximum absolute atomic E-state index is 13.4. The maximum Gasteiger partial charge on any atom is 0.266 e. The van der Waals surface area contributed by atoms with E-state index in [-0.39, 0.29) is 17.2 Å². The van der Waals surface area contributed by atoms with Gasteiger partial charge in [0.05, 0.1) is 21.8 Å². The third-order valence-corrected chi connectivity index (χ3v) is 6.25. The summed E-state index contributed by atoms with van der Waals surface area (Å²) in [5, 5.41) is 3.25. The number of fused-ring (bicyclic) bond motifs is 1. The minimum Gasteiger partial charge on any atom is -0.325 e. The summed E-state index contributed by atoms with van der Waals surface area (Å²) >= 11 is 1.21. The van der Waals surface area contributed by atoms with Crippen molar-refractivity contribution in [2.24, 2.45) is 0 Å². The predicted octanol–water partition coefficient (Wildman–Crippen LogP) is 5.02. The van der Waals surface area contributed by atoms with Gasteiger partial charge in [-0.3, -0.25) is 19.0 Å². The van der Waals surface area contributed by atoms with E-state index in [0.29, 0.717) is 33.0 Å². The quantitative estimate of drug-likeness (QED) is 0.250. The van der Waals surface area contributed by atoms with Gasteiger partial charge in [-0.25, -0.2) is 4.98 Å². The van der Waals surface area contributed by atoms with Gasteiger partial charge in [0.2, 0.25) is 5.91 Å². The number of hydrogen-bond donors (Lipinski definition) is 1. The largest absolute Gasteiger partial charge is 0.325 e. The molecule has 0 unspecified atom stereocenters. The molecule has 0 saturated carbocycles. The number of anilines is 1. The molecular formula is C26H23N3O3S. The molecule has 0 spiro atoms. The van der Waals surface area contributed by atoms with Crippen LogP contribution in [-0.2, 0) is 4.79 Å². The third kappa shape index (κ3) is 4.88. The van der Waals surface area contributed by atoms with Crippen molar-refractivity contribution in [2.75, 3.05) is 5.32 Å². The fraction of sp³-hybridized carbons (Fsp3) is 0.154. The molecule has 1 heterocycles. The van der Waals surface area contributed by atoms with Crippen molar-refractivity contribution >= 4 is 40.0 Å². The Kier molecular flexibility index (Phi) is 6.42. The molecule has 7 heteroatoms. The number of aromatic nitrogens is 2. The molecule has 33 heavy (non-hydrogen) atoms. The number of carbonyl (C=O) groups is 2. The van der Waals surface area contributed by atoms with Crippen LogP contribution in [0, 0.1) is 6.92 Å². The molecule has 0 radical (unpaired) electrons. The molecule has 0 fully saturated rings. The zero-order valence-electron chi connectivity index (χ0n) is 18.5. The minimum absolute atomic E-state index is 0.0731. The van der Waals surface area contributed by atoms with Crippen LogP contribution in [0.25, 0.3) is 16.6 Å². The maximum atomic E-state index is 13.4. The fourth-order valence-electron chi connectivity index (χ4n) is 3.46. The van der Waals surface area contributed by atoms with Crippen LogP contribution in [0.2, 0.25) is 0 Å². The molecule has 0 bridgehead atoms. The van der Waals surface area contributed by atoms with Crippen molar-refractivity contribution in [3.8, 4) is 5.69 Å². The highest BCUT2D eigenvalue weighted by Crippen LogP contribution is 2.26. The summed E-state index contributed by atoms with van der Waals surface area (Å²) in [5.74, 6) is -0.324. The highest BCUT2D eigenvalue weighted by Gasteiger charge is 2.20. The Balaban J connectivity index is 1.69. The van der Waals surface area contributed by atoms with Crippen LogP contribution < -0.4 is 10.9 Å². The van der Waals surface area contributed by atoms with E-state index in [9.17, 15) is 14.4 Å². The second-order valence-electron chi connectivity index (χ2n) is 7.78. The smallest absolute Gasteiger partial charge is 0.266 e. The Bertz CT molecular complexity index is 1430. The van der Waals surface area contributed by atoms with E-state index >= 15 is 0 Å². The Morgan fingerprint density at radius 3 is 2.52 bits per heavy atom. The number of ketones is 1. The van der Waals surface area contributed by atoms with Crippen molar-refractivity contribution in [1.29, 1.82) is 0 Å². The standard InChI is InChI=1S/C26H23N3O3S/c1-16-8-6-11-21(14-16)29-25(32)22-12-4-5-13-23(22)28-26(29)33-18(3)24(31)27-20-10-7-9-19(15-20)17(2)30/h4-15,18H,1-3H3,(H,27,31)/t18-/m0/s1. The summed E-state index contributed by atoms with van der Waals surface area (Å²) in [6.07, 6.45) is 0. The molecule has 3 aromatic carbocycles. The fourth-order valence-corrected chi connectivity index (χ4v) is 4.38. The number of rotatable bonds is 6. The Hall–Kier alpha value is -3.71. The lowest BCUT2D eigenvalue weighted by atomic mass is 10.1. The predicted molar refractivity (Wildman–Crippen MR) is 132 cm³/mol. The number of benzene rings is 3. The zero-order valence-corrected chi connectivity index (χ0v) is 19.3. The second kappa shape index (κ2) is 9.42. The Morgan fingerprint density at radius 2 is 1.76 bits per heavy atom. The van der Waals surface area contributed by atoms with Crippen LogP contribution >= 0.6 is 11.8 Å². The summed E-state index contributed by atoms with van der Waals surface area (Å²) < 4.78 is 1.56. The number of hydrogen-bond acceptors (Lipinski definition) is 5. The summed E-state index contributed by atoms with van der Waals surface area (Å²) in [6.45, 7) is 5.20. The monoisotopic (exact) mass is 457 g/mol. The molecule has 4 rings (SSSR count). The molecule has 0 aliphatic rings. The first-order chi connectivity index (χ1) is 15.8. The van der Waals surface area contributed by atoms with E-state index in [1.54, 1.807) is 47.9 Å². The number of nitrogens with zero attached hydrogens (tertiary/aromatic N) is 2. The minimum atomic E-state index is -0.546. The van der Waals surface area contributed by atoms with E-state index in [4.69, 9.17) is 4.98 Å². The van der Waals surface area contributed by atoms with Crippen LogP contribution in [0.4, 0.5) is 5.69 Å². The van der Waals surface area contributed by atoms with E-state index in [2.05, 4.69) is 5.32 Å². The summed E-state index contributed by atoms with van der Waals surface area (Å²) in [4.78, 5) is 42.6. The number of para-hydroxylation sites is 1. The topological polar surface area (TPSA) is 81.1 Å². The molecule has 1 aromatic heterocycles. The van der Waals surface area contributed by atoms with Crippen molar-refractivity contribution in [3.05, 3.63) is 94.3 Å². The van der Waals surface area contributed by atoms with E-state index in [1.807, 2.05) is 43.3 Å². The average molecular weight is 458 g/mol. The average Bonchev–Trinajstić information content (AvgIpc) is 2.79. The van der Waals surface area contributed by atoms with Gasteiger partial charge < -0.3 is 5.32 Å². The second-order valence-corrected chi connectivity index (χ2v) is 9.09. The van der Waals surface area contributed by atoms with E-state index in [0.717, 1.165) is 5.56 Å². The highest BCUT2D eigenvalue weighted by atomic mass is 32.2. The number of carbonyl (C=O) groups excluding carboxylic acids is 2. The number of Topliss-reactive ketones (excluding diaryl/α,β-unsaturated/α-hetero) is 1. The third-order valence-electron chi connectivity index (χ3n) is 5.19. The molecule has 6 nitrogen and oxygen atoms in total. The van der Waals surface area contributed by atoms with Crippen LogP contribution in [0.5, 0.6) is 0 Å². The summed E-state index contributed by atoms with van der Waals surface area (Å²) in [7, 11) is 0. The normalized spacial score (nSPS) is 11.8. The van der Waals surface area contributed by atoms with Crippen LogP contribution in [-0.4, -0.2) is 26.5 Å². The SMILES string of the molecule is CC(=O)c1cccc(NC(=O)[C@H](C)Sc2nc3ccccc3c(=O)n2-c2cccc(C)c2)c1. The lowest BCUT2D eigenvalue weighted by Crippen LogP contribution is -2.26.